The van der Waals surface area contributed by atoms with Crippen molar-refractivity contribution in [2.24, 2.45) is 0 Å². The maximum absolute atomic E-state index is 10.9. The number of amides is 1. The normalized spacial score (nSPS) is 37.6. The van der Waals surface area contributed by atoms with Crippen LogP contribution in [0.3, 0.4) is 0 Å². The van der Waals surface area contributed by atoms with Gasteiger partial charge >= 0.3 is 0 Å². The summed E-state index contributed by atoms with van der Waals surface area (Å²) in [6.07, 6.45) is 1.25. The van der Waals surface area contributed by atoms with Crippen molar-refractivity contribution in [1.29, 1.82) is 0 Å². The summed E-state index contributed by atoms with van der Waals surface area (Å²) in [6, 6.07) is 0.199. The third-order valence-corrected chi connectivity index (χ3v) is 2.19. The quantitative estimate of drug-likeness (QED) is 0.466. The van der Waals surface area contributed by atoms with Gasteiger partial charge in [-0.3, -0.25) is 4.79 Å². The van der Waals surface area contributed by atoms with Crippen molar-refractivity contribution in [2.45, 2.75) is 18.6 Å². The largest absolute Gasteiger partial charge is 0.366 e. The number of piperidine rings is 1. The van der Waals surface area contributed by atoms with Crippen molar-refractivity contribution in [3.8, 4) is 0 Å². The summed E-state index contributed by atoms with van der Waals surface area (Å²) in [4.78, 5) is 10.9. The molecule has 2 saturated heterocycles. The van der Waals surface area contributed by atoms with Crippen molar-refractivity contribution in [3.63, 3.8) is 0 Å². The predicted molar refractivity (Wildman–Crippen MR) is 39.2 cm³/mol. The highest BCUT2D eigenvalue weighted by Crippen LogP contribution is 2.11. The van der Waals surface area contributed by atoms with Crippen LogP contribution in [-0.2, 0) is 9.53 Å². The van der Waals surface area contributed by atoms with Crippen LogP contribution in [0.25, 0.3) is 0 Å². The van der Waals surface area contributed by atoms with E-state index in [-0.39, 0.29) is 24.7 Å². The second-order valence-electron chi connectivity index (χ2n) is 3.02. The molecular formula is C7H12N2O2. The molecule has 2 aliphatic rings. The van der Waals surface area contributed by atoms with Gasteiger partial charge in [0.2, 0.25) is 5.91 Å². The smallest absolute Gasteiger partial charge is 0.246 e. The Bertz CT molecular complexity index is 172. The molecule has 0 spiro atoms. The van der Waals surface area contributed by atoms with Crippen LogP contribution in [0.1, 0.15) is 6.42 Å². The van der Waals surface area contributed by atoms with E-state index in [1.807, 2.05) is 0 Å². The zero-order valence-electron chi connectivity index (χ0n) is 6.30. The van der Waals surface area contributed by atoms with E-state index in [4.69, 9.17) is 4.74 Å². The van der Waals surface area contributed by atoms with Crippen LogP contribution in [0.4, 0.5) is 0 Å². The fourth-order valence-corrected chi connectivity index (χ4v) is 1.61. The van der Waals surface area contributed by atoms with Crippen molar-refractivity contribution >= 4 is 5.91 Å². The molecule has 0 aromatic rings. The van der Waals surface area contributed by atoms with Crippen molar-refractivity contribution in [3.05, 3.63) is 0 Å². The van der Waals surface area contributed by atoms with Gasteiger partial charge in [-0.2, -0.15) is 0 Å². The molecule has 4 nitrogen and oxygen atoms in total. The summed E-state index contributed by atoms with van der Waals surface area (Å²) < 4.78 is 5.34. The minimum atomic E-state index is 0.00921. The summed E-state index contributed by atoms with van der Waals surface area (Å²) in [5.41, 5.74) is 0. The third kappa shape index (κ3) is 1.36. The van der Waals surface area contributed by atoms with Crippen molar-refractivity contribution < 1.29 is 9.53 Å². The number of carbonyl (C=O) groups is 1. The molecule has 2 heterocycles. The number of hydrogen-bond donors (Lipinski definition) is 2. The van der Waals surface area contributed by atoms with Gasteiger partial charge in [0.1, 0.15) is 6.61 Å². The van der Waals surface area contributed by atoms with Gasteiger partial charge in [-0.25, -0.2) is 0 Å². The predicted octanol–water partition coefficient (Wildman–Crippen LogP) is -1.14. The first kappa shape index (κ1) is 7.06. The summed E-state index contributed by atoms with van der Waals surface area (Å²) >= 11 is 0. The number of rotatable bonds is 0. The van der Waals surface area contributed by atoms with E-state index in [1.54, 1.807) is 0 Å². The van der Waals surface area contributed by atoms with Crippen molar-refractivity contribution in [2.75, 3.05) is 19.7 Å². The van der Waals surface area contributed by atoms with E-state index in [2.05, 4.69) is 10.6 Å². The van der Waals surface area contributed by atoms with Crippen LogP contribution < -0.4 is 10.6 Å². The minimum Gasteiger partial charge on any atom is -0.366 e. The van der Waals surface area contributed by atoms with Crippen LogP contribution in [0.2, 0.25) is 0 Å². The molecule has 2 atom stereocenters. The Hall–Kier alpha value is -0.610. The Balaban J connectivity index is 1.98. The number of hydrogen-bond acceptors (Lipinski definition) is 3. The van der Waals surface area contributed by atoms with Gasteiger partial charge in [0.05, 0.1) is 12.1 Å². The van der Waals surface area contributed by atoms with Crippen LogP contribution in [0, 0.1) is 0 Å². The molecule has 62 valence electrons. The van der Waals surface area contributed by atoms with Gasteiger partial charge in [-0.15, -0.1) is 0 Å². The van der Waals surface area contributed by atoms with Gasteiger partial charge in [-0.1, -0.05) is 0 Å². The Kier molecular flexibility index (Phi) is 1.79. The topological polar surface area (TPSA) is 50.4 Å². The molecule has 2 fully saturated rings. The first-order chi connectivity index (χ1) is 5.36. The molecule has 0 radical (unpaired) electrons. The van der Waals surface area contributed by atoms with Crippen LogP contribution >= 0.6 is 0 Å². The second-order valence-corrected chi connectivity index (χ2v) is 3.02. The van der Waals surface area contributed by atoms with Crippen LogP contribution in [0.5, 0.6) is 0 Å². The number of nitrogens with one attached hydrogen (secondary N) is 2. The molecule has 0 aromatic carbocycles. The highest BCUT2D eigenvalue weighted by molar-refractivity contribution is 5.78. The lowest BCUT2D eigenvalue weighted by atomic mass is 10.0. The minimum absolute atomic E-state index is 0.00921. The Morgan fingerprint density at radius 3 is 3.36 bits per heavy atom. The van der Waals surface area contributed by atoms with Gasteiger partial charge < -0.3 is 15.4 Å². The summed E-state index contributed by atoms with van der Waals surface area (Å²) in [6.45, 7) is 2.08. The molecule has 11 heavy (non-hydrogen) atoms. The monoisotopic (exact) mass is 156 g/mol. The lowest BCUT2D eigenvalue weighted by Crippen LogP contribution is -2.59. The highest BCUT2D eigenvalue weighted by atomic mass is 16.5. The summed E-state index contributed by atoms with van der Waals surface area (Å²) in [7, 11) is 0. The van der Waals surface area contributed by atoms with Crippen molar-refractivity contribution in [1.82, 2.24) is 10.6 Å². The van der Waals surface area contributed by atoms with E-state index < -0.39 is 0 Å². The molecule has 0 saturated carbocycles. The van der Waals surface area contributed by atoms with E-state index in [1.165, 1.54) is 0 Å². The maximum atomic E-state index is 10.9. The standard InChI is InChI=1S/C7H12N2O2/c10-7-4-11-6-1-2-8-3-5(6)9-7/h5-6,8H,1-4H2,(H,9,10)/t5-,6-/m1/s1. The van der Waals surface area contributed by atoms with Crippen LogP contribution in [0.15, 0.2) is 0 Å². The first-order valence-corrected chi connectivity index (χ1v) is 3.98. The lowest BCUT2D eigenvalue weighted by molar-refractivity contribution is -0.138. The zero-order chi connectivity index (χ0) is 7.68. The molecular weight excluding hydrogens is 144 g/mol. The third-order valence-electron chi connectivity index (χ3n) is 2.19. The number of fused-ring (bicyclic) bond motifs is 1. The molecule has 0 aliphatic carbocycles. The van der Waals surface area contributed by atoms with E-state index >= 15 is 0 Å². The molecule has 2 aliphatic heterocycles. The number of morpholine rings is 1. The number of carbonyl (C=O) groups excluding carboxylic acids is 1. The average molecular weight is 156 g/mol. The first-order valence-electron chi connectivity index (χ1n) is 3.98. The second kappa shape index (κ2) is 2.79. The molecule has 2 rings (SSSR count). The van der Waals surface area contributed by atoms with E-state index in [9.17, 15) is 4.79 Å². The van der Waals surface area contributed by atoms with Gasteiger partial charge in [0.15, 0.2) is 0 Å². The summed E-state index contributed by atoms with van der Waals surface area (Å²) in [5, 5.41) is 6.10. The molecule has 0 unspecified atom stereocenters. The van der Waals surface area contributed by atoms with Gasteiger partial charge in [0.25, 0.3) is 0 Å². The van der Waals surface area contributed by atoms with Gasteiger partial charge in [-0.05, 0) is 13.0 Å². The van der Waals surface area contributed by atoms with E-state index in [0.29, 0.717) is 0 Å². The fraction of sp³-hybridized carbons (Fsp3) is 0.857. The Morgan fingerprint density at radius 1 is 1.55 bits per heavy atom. The number of ether oxygens (including phenoxy) is 1. The van der Waals surface area contributed by atoms with E-state index in [0.717, 1.165) is 19.5 Å². The maximum Gasteiger partial charge on any atom is 0.246 e. The molecule has 2 N–H and O–H groups in total. The van der Waals surface area contributed by atoms with Gasteiger partial charge in [0, 0.05) is 6.54 Å². The zero-order valence-corrected chi connectivity index (χ0v) is 6.30. The molecule has 1 amide bonds. The fourth-order valence-electron chi connectivity index (χ4n) is 1.61. The van der Waals surface area contributed by atoms with Crippen LogP contribution in [-0.4, -0.2) is 37.7 Å². The Morgan fingerprint density at radius 2 is 2.45 bits per heavy atom. The average Bonchev–Trinajstić information content (AvgIpc) is 2.04. The molecule has 0 bridgehead atoms. The SMILES string of the molecule is O=C1CO[C@@H]2CCNC[C@H]2N1. The summed E-state index contributed by atoms with van der Waals surface area (Å²) in [5.74, 6) is 0.00921. The molecule has 0 aromatic heterocycles. The Labute approximate surface area is 65.3 Å². The highest BCUT2D eigenvalue weighted by Gasteiger charge is 2.31. The lowest BCUT2D eigenvalue weighted by Gasteiger charge is -2.35. The molecule has 4 heteroatoms.